The summed E-state index contributed by atoms with van der Waals surface area (Å²) in [7, 11) is 0. The van der Waals surface area contributed by atoms with E-state index in [9.17, 15) is 19.2 Å². The first-order valence-corrected chi connectivity index (χ1v) is 23.9. The molecule has 0 saturated carbocycles. The first-order chi connectivity index (χ1) is 34.2. The molecule has 3 fully saturated rings. The molecule has 6 atom stereocenters. The van der Waals surface area contributed by atoms with Crippen molar-refractivity contribution in [3.8, 4) is 0 Å². The van der Waals surface area contributed by atoms with Crippen molar-refractivity contribution in [1.29, 1.82) is 0 Å². The highest BCUT2D eigenvalue weighted by Crippen LogP contribution is 2.38. The Labute approximate surface area is 408 Å². The van der Waals surface area contributed by atoms with E-state index in [0.717, 1.165) is 37.7 Å². The molecule has 2 bridgehead atoms. The quantitative estimate of drug-likeness (QED) is 0.0668. The number of aromatic nitrogens is 1. The van der Waals surface area contributed by atoms with Crippen LogP contribution in [0.25, 0.3) is 21.7 Å². The summed E-state index contributed by atoms with van der Waals surface area (Å²) in [5.74, 6) is -5.83. The Morgan fingerprint density at radius 1 is 0.746 bits per heavy atom. The van der Waals surface area contributed by atoms with Crippen molar-refractivity contribution in [3.63, 3.8) is 0 Å². The molecule has 9 rings (SSSR count). The van der Waals surface area contributed by atoms with E-state index >= 15 is 19.2 Å². The Morgan fingerprint density at radius 3 is 2.18 bits per heavy atom. The summed E-state index contributed by atoms with van der Waals surface area (Å²) in [6.07, 6.45) is -0.0594. The van der Waals surface area contributed by atoms with Gasteiger partial charge in [-0.2, -0.15) is 0 Å². The van der Waals surface area contributed by atoms with E-state index in [2.05, 4.69) is 42.2 Å². The number of nitrogens with one attached hydrogen (secondary N) is 8. The van der Waals surface area contributed by atoms with Crippen molar-refractivity contribution < 1.29 is 38.4 Å². The van der Waals surface area contributed by atoms with E-state index in [1.54, 1.807) is 30.5 Å². The molecule has 20 nitrogen and oxygen atoms in total. The number of carbonyl (C=O) groups is 8. The lowest BCUT2D eigenvalue weighted by Gasteiger charge is -2.41. The van der Waals surface area contributed by atoms with Gasteiger partial charge in [-0.15, -0.1) is 0 Å². The summed E-state index contributed by atoms with van der Waals surface area (Å²) in [4.78, 5) is 122. The third-order valence-electron chi connectivity index (χ3n) is 14.4. The third-order valence-corrected chi connectivity index (χ3v) is 14.4. The van der Waals surface area contributed by atoms with Gasteiger partial charge in [0.1, 0.15) is 47.6 Å². The number of amides is 8. The van der Waals surface area contributed by atoms with Crippen LogP contribution in [-0.4, -0.2) is 118 Å². The third kappa shape index (κ3) is 9.70. The second-order valence-electron chi connectivity index (χ2n) is 19.0. The maximum Gasteiger partial charge on any atom is 0.325 e. The normalized spacial score (nSPS) is 25.3. The van der Waals surface area contributed by atoms with Crippen molar-refractivity contribution in [2.45, 2.75) is 105 Å². The number of rotatable bonds is 9. The number of Topliss-reactive ketones (excluding diaryl/α,β-unsaturated/α-hetero) is 1. The second-order valence-corrected chi connectivity index (χ2v) is 19.0. The summed E-state index contributed by atoms with van der Waals surface area (Å²) in [6.45, 7) is -0.108. The Morgan fingerprint density at radius 2 is 1.44 bits per heavy atom. The van der Waals surface area contributed by atoms with Crippen LogP contribution in [0.5, 0.6) is 0 Å². The SMILES string of the molecule is NC(=O)[C@@H]1CCCCN[C@@]2(CCNC(N)N)C(=O)C[C@@H]3NC(=O)N(C3=O)C3(Cc4ccccc4C3)C(=O)N[C@H](Cc3ccc4ccccc4c3)C(=O)NC2C(=O)N[C@@H](Cc2c[nH]c3ccccc23)C(=O)N1. The van der Waals surface area contributed by atoms with Crippen LogP contribution in [0, 0.1) is 0 Å². The summed E-state index contributed by atoms with van der Waals surface area (Å²) in [5.41, 5.74) is 17.2. The number of primary amides is 1. The number of H-pyrrole nitrogens is 1. The van der Waals surface area contributed by atoms with Crippen molar-refractivity contribution in [2.24, 2.45) is 17.2 Å². The summed E-state index contributed by atoms with van der Waals surface area (Å²) >= 11 is 0. The van der Waals surface area contributed by atoms with E-state index in [4.69, 9.17) is 17.2 Å². The molecule has 4 aliphatic rings. The van der Waals surface area contributed by atoms with Crippen LogP contribution in [0.3, 0.4) is 0 Å². The van der Waals surface area contributed by atoms with Crippen LogP contribution < -0.4 is 54.4 Å². The smallest absolute Gasteiger partial charge is 0.325 e. The maximum absolute atomic E-state index is 15.6. The molecular formula is C51H58N12O8. The van der Waals surface area contributed by atoms with Gasteiger partial charge in [0, 0.05) is 55.7 Å². The largest absolute Gasteiger partial charge is 0.368 e. The van der Waals surface area contributed by atoms with Gasteiger partial charge in [0.05, 0.1) is 0 Å². The summed E-state index contributed by atoms with van der Waals surface area (Å²) in [6, 6.07) is 19.4. The lowest BCUT2D eigenvalue weighted by Crippen LogP contribution is -2.73. The Balaban J connectivity index is 1.19. The van der Waals surface area contributed by atoms with Gasteiger partial charge in [0.2, 0.25) is 29.5 Å². The van der Waals surface area contributed by atoms with E-state index in [1.165, 1.54) is 0 Å². The van der Waals surface area contributed by atoms with Gasteiger partial charge in [-0.3, -0.25) is 38.9 Å². The highest BCUT2D eigenvalue weighted by molar-refractivity contribution is 6.12. The topological polar surface area (TPSA) is 318 Å². The molecule has 1 aromatic heterocycles. The molecule has 5 aromatic rings. The molecule has 8 amide bonds. The standard InChI is InChI=1S/C51H58N12O8/c52-42(65)36-15-7-8-19-57-51(18-20-55-48(53)54)40(64)24-39-46(69)63(49(71)61-39)50(25-31-11-3-4-12-32(31)26-50)47(70)60-37(22-28-16-17-29-9-1-2-10-30(29)21-28)44(67)62-41(51)45(68)59-38(43(66)58-36)23-33-27-56-35-14-6-5-13-34(33)35/h1-6,9-14,16-17,21,27,36-39,41,48,55-57H,7-8,15,18-20,22-26,53-54H2,(H2,52,65)(H,58,66)(H,59,68)(H,60,70)(H,61,71)(H,62,67)/t36-,37+,38-,39-,41?,51-/m0/s1. The van der Waals surface area contributed by atoms with E-state index in [1.807, 2.05) is 66.7 Å². The van der Waals surface area contributed by atoms with Crippen LogP contribution in [0.4, 0.5) is 4.79 Å². The van der Waals surface area contributed by atoms with Gasteiger partial charge in [-0.1, -0.05) is 84.9 Å². The number of benzene rings is 4. The van der Waals surface area contributed by atoms with Gasteiger partial charge in [0.15, 0.2) is 5.78 Å². The number of para-hydroxylation sites is 1. The Hall–Kier alpha value is -7.52. The number of urea groups is 1. The molecule has 1 unspecified atom stereocenters. The predicted octanol–water partition coefficient (Wildman–Crippen LogP) is -0.345. The predicted molar refractivity (Wildman–Crippen MR) is 261 cm³/mol. The zero-order valence-electron chi connectivity index (χ0n) is 38.9. The molecule has 1 spiro atoms. The number of imide groups is 1. The van der Waals surface area contributed by atoms with Crippen molar-refractivity contribution in [2.75, 3.05) is 13.1 Å². The average molecular weight is 967 g/mol. The minimum atomic E-state index is -2.12. The minimum absolute atomic E-state index is 0.00792. The lowest BCUT2D eigenvalue weighted by molar-refractivity contribution is -0.143. The van der Waals surface area contributed by atoms with Crippen LogP contribution >= 0.6 is 0 Å². The molecule has 4 aromatic carbocycles. The van der Waals surface area contributed by atoms with E-state index in [-0.39, 0.29) is 58.0 Å². The molecule has 71 heavy (non-hydrogen) atoms. The molecule has 4 heterocycles. The Kier molecular flexibility index (Phi) is 13.7. The van der Waals surface area contributed by atoms with Crippen molar-refractivity contribution in [3.05, 3.63) is 119 Å². The fourth-order valence-corrected chi connectivity index (χ4v) is 10.7. The van der Waals surface area contributed by atoms with Crippen LogP contribution in [0.1, 0.15) is 54.4 Å². The number of carbonyl (C=O) groups excluding carboxylic acids is 8. The Bertz CT molecular complexity index is 2910. The van der Waals surface area contributed by atoms with Gasteiger partial charge >= 0.3 is 6.03 Å². The van der Waals surface area contributed by atoms with Gasteiger partial charge in [-0.25, -0.2) is 9.69 Å². The number of nitrogens with zero attached hydrogens (tertiary/aromatic N) is 1. The van der Waals surface area contributed by atoms with Crippen molar-refractivity contribution >= 4 is 68.9 Å². The first-order valence-electron chi connectivity index (χ1n) is 23.9. The molecule has 0 radical (unpaired) electrons. The second kappa shape index (κ2) is 20.1. The zero-order valence-corrected chi connectivity index (χ0v) is 38.9. The van der Waals surface area contributed by atoms with Crippen LogP contribution in [0.2, 0.25) is 0 Å². The molecule has 14 N–H and O–H groups in total. The molecule has 3 aliphatic heterocycles. The number of hydrogen-bond acceptors (Lipinski definition) is 12. The monoisotopic (exact) mass is 966 g/mol. The fourth-order valence-electron chi connectivity index (χ4n) is 10.7. The lowest BCUT2D eigenvalue weighted by atomic mass is 9.78. The number of hydrogen-bond donors (Lipinski definition) is 11. The molecule has 370 valence electrons. The highest BCUT2D eigenvalue weighted by atomic mass is 16.2. The summed E-state index contributed by atoms with van der Waals surface area (Å²) in [5, 5.41) is 22.7. The van der Waals surface area contributed by atoms with Crippen LogP contribution in [0.15, 0.2) is 97.2 Å². The first kappa shape index (κ1) is 48.5. The number of ketones is 1. The highest BCUT2D eigenvalue weighted by Gasteiger charge is 2.60. The number of nitrogens with two attached hydrogens (primary N) is 3. The maximum atomic E-state index is 15.6. The zero-order chi connectivity index (χ0) is 50.0. The van der Waals surface area contributed by atoms with Crippen LogP contribution in [-0.2, 0) is 59.2 Å². The molecule has 3 saturated heterocycles. The molecular weight excluding hydrogens is 909 g/mol. The van der Waals surface area contributed by atoms with Gasteiger partial charge < -0.3 is 54.1 Å². The van der Waals surface area contributed by atoms with Gasteiger partial charge in [-0.05, 0) is 71.3 Å². The molecule has 20 heteroatoms. The fraction of sp³-hybridized carbons (Fsp3) is 0.373. The van der Waals surface area contributed by atoms with E-state index < -0.39 is 101 Å². The average Bonchev–Trinajstić information content (AvgIpc) is 4.03. The minimum Gasteiger partial charge on any atom is -0.368 e. The van der Waals surface area contributed by atoms with Gasteiger partial charge in [0.25, 0.3) is 5.91 Å². The summed E-state index contributed by atoms with van der Waals surface area (Å²) < 4.78 is 0. The van der Waals surface area contributed by atoms with Crippen molar-refractivity contribution in [1.82, 2.24) is 47.1 Å². The number of aromatic amines is 1. The molecule has 1 aliphatic carbocycles. The number of fused-ring (bicyclic) bond motifs is 7. The van der Waals surface area contributed by atoms with E-state index in [0.29, 0.717) is 17.5 Å².